The molecule has 67 heavy (non-hydrogen) atoms. The number of non-ortho nitro benzene ring substituents is 1. The molecule has 2 aromatic carbocycles. The summed E-state index contributed by atoms with van der Waals surface area (Å²) in [6, 6.07) is 10.5. The fourth-order valence-corrected chi connectivity index (χ4v) is 11.8. The first kappa shape index (κ1) is 51.1. The van der Waals surface area contributed by atoms with Gasteiger partial charge in [-0.05, 0) is 141 Å². The Balaban J connectivity index is 0.791. The van der Waals surface area contributed by atoms with Crippen molar-refractivity contribution < 1.29 is 43.1 Å². The third-order valence-electron chi connectivity index (χ3n) is 15.2. The Morgan fingerprint density at radius 2 is 1.58 bits per heavy atom. The Bertz CT molecular complexity index is 2060. The zero-order chi connectivity index (χ0) is 48.1. The lowest BCUT2D eigenvalue weighted by molar-refractivity contribution is -0.384. The van der Waals surface area contributed by atoms with Gasteiger partial charge in [0.1, 0.15) is 18.4 Å². The van der Waals surface area contributed by atoms with E-state index in [0.29, 0.717) is 36.2 Å². The molecular formula is C52H73N5O10. The normalized spacial score (nSPS) is 25.0. The van der Waals surface area contributed by atoms with E-state index in [2.05, 4.69) is 55.0 Å². The Morgan fingerprint density at radius 1 is 0.836 bits per heavy atom. The largest absolute Gasteiger partial charge is 0.514 e. The summed E-state index contributed by atoms with van der Waals surface area (Å²) in [7, 11) is 0. The average Bonchev–Trinajstić information content (AvgIpc) is 3.67. The van der Waals surface area contributed by atoms with E-state index < -0.39 is 34.8 Å². The quantitative estimate of drug-likeness (QED) is 0.0220. The second kappa shape index (κ2) is 24.1. The summed E-state index contributed by atoms with van der Waals surface area (Å²) >= 11 is 0. The van der Waals surface area contributed by atoms with Gasteiger partial charge >= 0.3 is 6.16 Å². The molecule has 4 N–H and O–H groups in total. The Kier molecular flexibility index (Phi) is 18.4. The zero-order valence-electron chi connectivity index (χ0n) is 40.1. The highest BCUT2D eigenvalue weighted by atomic mass is 16.7. The van der Waals surface area contributed by atoms with E-state index >= 15 is 0 Å². The van der Waals surface area contributed by atoms with E-state index in [9.17, 15) is 34.1 Å². The van der Waals surface area contributed by atoms with E-state index in [1.54, 1.807) is 29.8 Å². The van der Waals surface area contributed by atoms with Gasteiger partial charge in [0, 0.05) is 43.8 Å². The van der Waals surface area contributed by atoms with Crippen molar-refractivity contribution in [3.05, 3.63) is 75.9 Å². The number of rotatable bonds is 22. The third kappa shape index (κ3) is 14.4. The van der Waals surface area contributed by atoms with E-state index in [1.165, 1.54) is 89.0 Å². The van der Waals surface area contributed by atoms with Crippen molar-refractivity contribution in [2.45, 2.75) is 143 Å². The van der Waals surface area contributed by atoms with Crippen molar-refractivity contribution >= 4 is 41.2 Å². The lowest BCUT2D eigenvalue weighted by Gasteiger charge is -2.54. The highest BCUT2D eigenvalue weighted by Crippen LogP contribution is 2.65. The summed E-state index contributed by atoms with van der Waals surface area (Å²) in [5, 5.41) is 21.4. The summed E-state index contributed by atoms with van der Waals surface area (Å²) in [5.74, 6) is 4.13. The van der Waals surface area contributed by atoms with Crippen molar-refractivity contribution in [2.24, 2.45) is 46.8 Å². The molecule has 2 aromatic rings. The minimum atomic E-state index is -0.994. The first-order valence-electron chi connectivity index (χ1n) is 24.7. The summed E-state index contributed by atoms with van der Waals surface area (Å²) in [4.78, 5) is 72.3. The second-order valence-corrected chi connectivity index (χ2v) is 20.2. The van der Waals surface area contributed by atoms with Gasteiger partial charge in [-0.25, -0.2) is 4.79 Å². The van der Waals surface area contributed by atoms with E-state index in [-0.39, 0.29) is 49.4 Å². The molecule has 15 heteroatoms. The van der Waals surface area contributed by atoms with Crippen LogP contribution in [0.4, 0.5) is 16.2 Å². The number of nitro groups is 1. The van der Waals surface area contributed by atoms with Crippen LogP contribution in [-0.4, -0.2) is 66.5 Å². The number of carbonyl (C=O) groups is 5. The summed E-state index contributed by atoms with van der Waals surface area (Å²) < 4.78 is 16.4. The van der Waals surface area contributed by atoms with Gasteiger partial charge in [-0.1, -0.05) is 70.7 Å². The van der Waals surface area contributed by atoms with Gasteiger partial charge < -0.3 is 35.5 Å². The predicted molar refractivity (Wildman–Crippen MR) is 255 cm³/mol. The van der Waals surface area contributed by atoms with Crippen LogP contribution in [0.5, 0.6) is 5.75 Å². The number of nitrogens with zero attached hydrogens (tertiary/aromatic N) is 1. The molecule has 366 valence electrons. The molecule has 0 saturated heterocycles. The first-order valence-corrected chi connectivity index (χ1v) is 24.7. The topological polar surface area (TPSA) is 204 Å². The van der Waals surface area contributed by atoms with Crippen LogP contribution in [0.1, 0.15) is 130 Å². The standard InChI is InChI=1S/C52H73N5O10/c1-33(2)8-6-9-34(3)45-22-23-46-44-20-12-37-30-41(19-21-42(37)43(44)26-27-52(45,46)5)65-29-7-28-53-47(58)24-25-48(59)55-35(4)50(61)54-31-49(60)56-38-13-10-36(11-14-38)32-66-51(62)67-40-17-15-39(16-18-40)57(63)64/h10-18,33-35,41-46H,6-9,19-32H2,1-5H3,(H,53,58)(H,54,61)(H,55,59)(H,56,60). The van der Waals surface area contributed by atoms with Gasteiger partial charge in [0.2, 0.25) is 23.6 Å². The monoisotopic (exact) mass is 928 g/mol. The number of hydrogen-bond acceptors (Lipinski definition) is 10. The lowest BCUT2D eigenvalue weighted by atomic mass is 9.51. The molecule has 0 aromatic heterocycles. The SMILES string of the molecule is CC(C)CCCC(C)C1CCC2C3CC=C4CC(OCCCNC(=O)CCC(=O)NC(C)C(=O)NCC(=O)Nc5ccc(COC(=O)Oc6ccc([N+](=O)[O-])cc6)cc5)CCC4C3CCC12C. The number of carbonyl (C=O) groups excluding carboxylic acids is 5. The fourth-order valence-electron chi connectivity index (χ4n) is 11.8. The maximum Gasteiger partial charge on any atom is 0.514 e. The summed E-state index contributed by atoms with van der Waals surface area (Å²) in [5.41, 5.74) is 3.04. The minimum Gasteiger partial charge on any atom is -0.429 e. The molecule has 15 nitrogen and oxygen atoms in total. The van der Waals surface area contributed by atoms with E-state index in [1.807, 2.05) is 0 Å². The fraction of sp³-hybridized carbons (Fsp3) is 0.635. The lowest BCUT2D eigenvalue weighted by Crippen LogP contribution is -2.47. The molecule has 4 aliphatic carbocycles. The molecular weight excluding hydrogens is 855 g/mol. The van der Waals surface area contributed by atoms with Crippen LogP contribution in [0.3, 0.4) is 0 Å². The maximum absolute atomic E-state index is 12.6. The Morgan fingerprint density at radius 3 is 2.31 bits per heavy atom. The first-order chi connectivity index (χ1) is 32.1. The smallest absolute Gasteiger partial charge is 0.429 e. The van der Waals surface area contributed by atoms with Gasteiger partial charge in [-0.2, -0.15) is 0 Å². The molecule has 4 aliphatic rings. The van der Waals surface area contributed by atoms with E-state index in [4.69, 9.17) is 14.2 Å². The minimum absolute atomic E-state index is 0.0149. The number of ether oxygens (including phenoxy) is 3. The molecule has 3 saturated carbocycles. The van der Waals surface area contributed by atoms with Gasteiger partial charge in [0.25, 0.3) is 5.69 Å². The van der Waals surface area contributed by atoms with Crippen LogP contribution in [0.15, 0.2) is 60.2 Å². The van der Waals surface area contributed by atoms with Crippen LogP contribution in [0.25, 0.3) is 0 Å². The van der Waals surface area contributed by atoms with Crippen LogP contribution in [0, 0.1) is 57.0 Å². The van der Waals surface area contributed by atoms with E-state index in [0.717, 1.165) is 54.3 Å². The van der Waals surface area contributed by atoms with Gasteiger partial charge in [0.05, 0.1) is 17.6 Å². The van der Waals surface area contributed by atoms with Crippen LogP contribution in [-0.2, 0) is 35.3 Å². The number of nitro benzene ring substituents is 1. The predicted octanol–water partition coefficient (Wildman–Crippen LogP) is 9.19. The highest BCUT2D eigenvalue weighted by molar-refractivity contribution is 5.96. The number of nitrogens with one attached hydrogen (secondary N) is 4. The molecule has 0 aliphatic heterocycles. The molecule has 0 radical (unpaired) electrons. The van der Waals surface area contributed by atoms with Gasteiger partial charge in [-0.15, -0.1) is 0 Å². The Labute approximate surface area is 395 Å². The number of anilines is 1. The van der Waals surface area contributed by atoms with Crippen molar-refractivity contribution in [2.75, 3.05) is 25.0 Å². The summed E-state index contributed by atoms with van der Waals surface area (Å²) in [6.45, 7) is 12.0. The molecule has 9 unspecified atom stereocenters. The molecule has 0 spiro atoms. The van der Waals surface area contributed by atoms with Gasteiger partial charge in [0.15, 0.2) is 0 Å². The van der Waals surface area contributed by atoms with Crippen molar-refractivity contribution in [3.8, 4) is 5.75 Å². The number of benzene rings is 2. The number of allylic oxidation sites excluding steroid dienone is 1. The van der Waals surface area contributed by atoms with Crippen LogP contribution >= 0.6 is 0 Å². The van der Waals surface area contributed by atoms with Crippen molar-refractivity contribution in [1.82, 2.24) is 16.0 Å². The molecule has 9 atom stereocenters. The molecule has 3 fully saturated rings. The summed E-state index contributed by atoms with van der Waals surface area (Å²) in [6.07, 6.45) is 16.8. The maximum atomic E-state index is 12.6. The van der Waals surface area contributed by atoms with Crippen LogP contribution < -0.4 is 26.0 Å². The third-order valence-corrected chi connectivity index (χ3v) is 15.2. The highest BCUT2D eigenvalue weighted by Gasteiger charge is 2.56. The Hall–Kier alpha value is -5.31. The molecule has 0 heterocycles. The van der Waals surface area contributed by atoms with Crippen molar-refractivity contribution in [1.29, 1.82) is 0 Å². The number of hydrogen-bond donors (Lipinski definition) is 4. The molecule has 0 bridgehead atoms. The molecule has 4 amide bonds. The molecule has 6 rings (SSSR count). The van der Waals surface area contributed by atoms with Gasteiger partial charge in [-0.3, -0.25) is 29.3 Å². The van der Waals surface area contributed by atoms with Crippen LogP contribution in [0.2, 0.25) is 0 Å². The average molecular weight is 928 g/mol. The number of fused-ring (bicyclic) bond motifs is 5. The van der Waals surface area contributed by atoms with Crippen molar-refractivity contribution in [3.63, 3.8) is 0 Å². The zero-order valence-corrected chi connectivity index (χ0v) is 40.1. The number of amides is 4. The second-order valence-electron chi connectivity index (χ2n) is 20.2.